The predicted octanol–water partition coefficient (Wildman–Crippen LogP) is 8.03. The Balaban J connectivity index is -0.000000124. The molecular formula is C34H63N3O3. The zero-order chi connectivity index (χ0) is 31.1. The molecule has 0 saturated carbocycles. The van der Waals surface area contributed by atoms with Crippen LogP contribution in [0.1, 0.15) is 107 Å². The van der Waals surface area contributed by atoms with Gasteiger partial charge in [0.2, 0.25) is 17.7 Å². The molecule has 3 N–H and O–H groups in total. The molecule has 0 aliphatic heterocycles. The quantitative estimate of drug-likeness (QED) is 0.353. The summed E-state index contributed by atoms with van der Waals surface area (Å²) >= 11 is 0. The molecule has 0 radical (unpaired) electrons. The Morgan fingerprint density at radius 3 is 1.05 bits per heavy atom. The Bertz CT molecular complexity index is 759. The first-order chi connectivity index (χ1) is 18.3. The predicted molar refractivity (Wildman–Crippen MR) is 177 cm³/mol. The van der Waals surface area contributed by atoms with Crippen LogP contribution in [-0.4, -0.2) is 36.9 Å². The molecule has 0 aromatic heterocycles. The van der Waals surface area contributed by atoms with Gasteiger partial charge in [-0.3, -0.25) is 14.4 Å². The molecule has 40 heavy (non-hydrogen) atoms. The van der Waals surface area contributed by atoms with E-state index in [1.54, 1.807) is 7.05 Å². The third kappa shape index (κ3) is 48.0. The van der Waals surface area contributed by atoms with E-state index in [1.807, 2.05) is 84.9 Å². The number of carbonyl (C=O) groups is 3. The number of nitrogens with one attached hydrogen (secondary N) is 3. The molecule has 0 spiro atoms. The lowest BCUT2D eigenvalue weighted by molar-refractivity contribution is -0.122. The highest BCUT2D eigenvalue weighted by atomic mass is 16.2. The summed E-state index contributed by atoms with van der Waals surface area (Å²) in [6, 6.07) is 20.5. The van der Waals surface area contributed by atoms with Crippen LogP contribution in [0.4, 0.5) is 0 Å². The maximum absolute atomic E-state index is 10.7. The Labute approximate surface area is 248 Å². The van der Waals surface area contributed by atoms with E-state index in [0.717, 1.165) is 6.54 Å². The fourth-order valence-electron chi connectivity index (χ4n) is 2.07. The van der Waals surface area contributed by atoms with Crippen LogP contribution in [0, 0.1) is 13.8 Å². The fourth-order valence-corrected chi connectivity index (χ4v) is 2.07. The molecule has 0 fully saturated rings. The molecule has 0 aliphatic carbocycles. The lowest BCUT2D eigenvalue weighted by Gasteiger charge is -2.19. The molecule has 0 heterocycles. The number of hydrogen-bond acceptors (Lipinski definition) is 3. The molecule has 0 aliphatic rings. The van der Waals surface area contributed by atoms with Crippen molar-refractivity contribution in [3.63, 3.8) is 0 Å². The van der Waals surface area contributed by atoms with E-state index < -0.39 is 0 Å². The minimum absolute atomic E-state index is 0. The second-order valence-electron chi connectivity index (χ2n) is 9.50. The Kier molecular flexibility index (Phi) is 39.5. The maximum Gasteiger partial charge on any atom is 0.220 e. The molecule has 6 heteroatoms. The summed E-state index contributed by atoms with van der Waals surface area (Å²) in [6.45, 7) is 22.5. The summed E-state index contributed by atoms with van der Waals surface area (Å²) in [4.78, 5) is 31.1. The number of benzene rings is 2. The third-order valence-electron chi connectivity index (χ3n) is 4.01. The monoisotopic (exact) mass is 561 g/mol. The van der Waals surface area contributed by atoms with Crippen molar-refractivity contribution in [3.8, 4) is 0 Å². The van der Waals surface area contributed by atoms with E-state index in [0.29, 0.717) is 19.3 Å². The molecule has 232 valence electrons. The van der Waals surface area contributed by atoms with Gasteiger partial charge in [0.05, 0.1) is 0 Å². The van der Waals surface area contributed by atoms with Crippen LogP contribution >= 0.6 is 0 Å². The SMILES string of the molecule is C.CCC.CCC(=O)NC.CCC(=O)NC(C)(C)C.CCNC(=O)CC.Cc1ccccc1.Cc1ccccc1. The molecule has 0 atom stereocenters. The molecule has 0 unspecified atom stereocenters. The molecule has 2 aromatic carbocycles. The molecule has 2 aromatic rings. The van der Waals surface area contributed by atoms with Gasteiger partial charge in [-0.25, -0.2) is 0 Å². The largest absolute Gasteiger partial charge is 0.359 e. The van der Waals surface area contributed by atoms with E-state index in [1.165, 1.54) is 17.5 Å². The average molecular weight is 562 g/mol. The lowest BCUT2D eigenvalue weighted by Crippen LogP contribution is -2.40. The normalized spacial score (nSPS) is 8.60. The van der Waals surface area contributed by atoms with Crippen LogP contribution < -0.4 is 16.0 Å². The zero-order valence-corrected chi connectivity index (χ0v) is 27.0. The second-order valence-corrected chi connectivity index (χ2v) is 9.50. The van der Waals surface area contributed by atoms with Crippen molar-refractivity contribution < 1.29 is 14.4 Å². The van der Waals surface area contributed by atoms with Crippen molar-refractivity contribution in [1.82, 2.24) is 16.0 Å². The number of rotatable bonds is 4. The zero-order valence-electron chi connectivity index (χ0n) is 27.0. The smallest absolute Gasteiger partial charge is 0.220 e. The van der Waals surface area contributed by atoms with E-state index in [2.05, 4.69) is 67.9 Å². The fraction of sp³-hybridized carbons (Fsp3) is 0.559. The molecule has 6 nitrogen and oxygen atoms in total. The number of hydrogen-bond donors (Lipinski definition) is 3. The highest BCUT2D eigenvalue weighted by molar-refractivity contribution is 5.76. The standard InChI is InChI=1S/C7H15NO.2C7H8.C5H11NO.C4H9NO.C3H8.CH4/c1-5-6(9)8-7(2,3)4;2*1-7-5-3-2-4-6-7;1-3-5(7)6-4-2;1-3-4(6)5-2;1-3-2;/h5H2,1-4H3,(H,8,9);2*2-6H,1H3;3-4H2,1-2H3,(H,6,7);3H2,1-2H3,(H,5,6);3H2,1-2H3;1H4. The summed E-state index contributed by atoms with van der Waals surface area (Å²) in [5.41, 5.74) is 2.57. The van der Waals surface area contributed by atoms with Crippen molar-refractivity contribution in [2.24, 2.45) is 0 Å². The topological polar surface area (TPSA) is 87.3 Å². The van der Waals surface area contributed by atoms with Crippen LogP contribution in [0.3, 0.4) is 0 Å². The van der Waals surface area contributed by atoms with Crippen molar-refractivity contribution in [2.45, 2.75) is 115 Å². The van der Waals surface area contributed by atoms with Gasteiger partial charge in [0.1, 0.15) is 0 Å². The first kappa shape index (κ1) is 46.7. The second kappa shape index (κ2) is 33.9. The molecule has 2 rings (SSSR count). The van der Waals surface area contributed by atoms with Gasteiger partial charge < -0.3 is 16.0 Å². The summed E-state index contributed by atoms with van der Waals surface area (Å²) in [7, 11) is 1.63. The Morgan fingerprint density at radius 2 is 0.950 bits per heavy atom. The average Bonchev–Trinajstić information content (AvgIpc) is 2.90. The summed E-state index contributed by atoms with van der Waals surface area (Å²) in [5, 5.41) is 7.96. The van der Waals surface area contributed by atoms with Gasteiger partial charge in [-0.15, -0.1) is 0 Å². The molecule has 0 saturated heterocycles. The number of aryl methyl sites for hydroxylation is 2. The van der Waals surface area contributed by atoms with Gasteiger partial charge in [-0.1, -0.05) is 120 Å². The summed E-state index contributed by atoms with van der Waals surface area (Å²) in [6.07, 6.45) is 2.99. The molecule has 0 bridgehead atoms. The van der Waals surface area contributed by atoms with Crippen LogP contribution in [0.25, 0.3) is 0 Å². The number of amides is 3. The van der Waals surface area contributed by atoms with Crippen molar-refractivity contribution in [2.75, 3.05) is 13.6 Å². The van der Waals surface area contributed by atoms with E-state index >= 15 is 0 Å². The minimum atomic E-state index is -0.0763. The highest BCUT2D eigenvalue weighted by Crippen LogP contribution is 1.98. The Hall–Kier alpha value is -3.15. The van der Waals surface area contributed by atoms with E-state index in [9.17, 15) is 14.4 Å². The van der Waals surface area contributed by atoms with Gasteiger partial charge in [-0.05, 0) is 41.5 Å². The van der Waals surface area contributed by atoms with Gasteiger partial charge in [-0.2, -0.15) is 0 Å². The highest BCUT2D eigenvalue weighted by Gasteiger charge is 2.10. The minimum Gasteiger partial charge on any atom is -0.359 e. The Morgan fingerprint density at radius 1 is 0.625 bits per heavy atom. The maximum atomic E-state index is 10.7. The van der Waals surface area contributed by atoms with Gasteiger partial charge in [0, 0.05) is 38.4 Å². The van der Waals surface area contributed by atoms with Gasteiger partial charge >= 0.3 is 0 Å². The van der Waals surface area contributed by atoms with Gasteiger partial charge in [0.15, 0.2) is 0 Å². The lowest BCUT2D eigenvalue weighted by atomic mass is 10.1. The van der Waals surface area contributed by atoms with Crippen molar-refractivity contribution in [1.29, 1.82) is 0 Å². The molecular weight excluding hydrogens is 498 g/mol. The van der Waals surface area contributed by atoms with Crippen molar-refractivity contribution in [3.05, 3.63) is 71.8 Å². The van der Waals surface area contributed by atoms with E-state index in [-0.39, 0.29) is 30.7 Å². The third-order valence-corrected chi connectivity index (χ3v) is 4.01. The number of carbonyl (C=O) groups excluding carboxylic acids is 3. The molecule has 3 amide bonds. The van der Waals surface area contributed by atoms with Crippen molar-refractivity contribution >= 4 is 17.7 Å². The summed E-state index contributed by atoms with van der Waals surface area (Å²) in [5.74, 6) is 0.333. The van der Waals surface area contributed by atoms with Crippen LogP contribution in [0.2, 0.25) is 0 Å². The van der Waals surface area contributed by atoms with Crippen LogP contribution in [0.15, 0.2) is 60.7 Å². The first-order valence-electron chi connectivity index (χ1n) is 14.1. The van der Waals surface area contributed by atoms with Crippen LogP contribution in [0.5, 0.6) is 0 Å². The van der Waals surface area contributed by atoms with E-state index in [4.69, 9.17) is 0 Å². The van der Waals surface area contributed by atoms with Gasteiger partial charge in [0.25, 0.3) is 0 Å². The summed E-state index contributed by atoms with van der Waals surface area (Å²) < 4.78 is 0. The van der Waals surface area contributed by atoms with Crippen LogP contribution in [-0.2, 0) is 14.4 Å². The first-order valence-corrected chi connectivity index (χ1v) is 14.1.